The van der Waals surface area contributed by atoms with E-state index in [1.165, 1.54) is 12.4 Å². The molecule has 84 valence electrons. The second-order valence-corrected chi connectivity index (χ2v) is 3.93. The summed E-state index contributed by atoms with van der Waals surface area (Å²) in [5.41, 5.74) is -0.339. The molecule has 0 aliphatic rings. The molecule has 0 unspecified atom stereocenters. The van der Waals surface area contributed by atoms with E-state index in [2.05, 4.69) is 15.3 Å². The van der Waals surface area contributed by atoms with Crippen molar-refractivity contribution in [2.75, 3.05) is 11.9 Å². The van der Waals surface area contributed by atoms with Crippen LogP contribution in [0.1, 0.15) is 26.7 Å². The molecule has 0 aliphatic heterocycles. The average Bonchev–Trinajstić information content (AvgIpc) is 2.29. The molecule has 0 radical (unpaired) electrons. The standard InChI is InChI=1S/C10H16ClN3O/c1-3-10(4-2,7-15)14-9-12-5-8(11)6-13-9/h5-6,15H,3-4,7H2,1-2H3,(H,12,13,14). The fourth-order valence-corrected chi connectivity index (χ4v) is 1.40. The maximum Gasteiger partial charge on any atom is 0.223 e. The van der Waals surface area contributed by atoms with Crippen molar-refractivity contribution in [3.8, 4) is 0 Å². The Balaban J connectivity index is 2.78. The fraction of sp³-hybridized carbons (Fsp3) is 0.600. The monoisotopic (exact) mass is 229 g/mol. The van der Waals surface area contributed by atoms with Crippen molar-refractivity contribution >= 4 is 17.5 Å². The van der Waals surface area contributed by atoms with Gasteiger partial charge in [0.05, 0.1) is 29.6 Å². The fourth-order valence-electron chi connectivity index (χ4n) is 1.30. The van der Waals surface area contributed by atoms with E-state index in [4.69, 9.17) is 11.6 Å². The van der Waals surface area contributed by atoms with Crippen LogP contribution in [0.2, 0.25) is 5.02 Å². The van der Waals surface area contributed by atoms with E-state index in [1.807, 2.05) is 13.8 Å². The van der Waals surface area contributed by atoms with E-state index in [1.54, 1.807) is 0 Å². The van der Waals surface area contributed by atoms with Crippen molar-refractivity contribution in [3.05, 3.63) is 17.4 Å². The van der Waals surface area contributed by atoms with E-state index in [0.717, 1.165) is 12.8 Å². The van der Waals surface area contributed by atoms with Gasteiger partial charge in [0.25, 0.3) is 0 Å². The lowest BCUT2D eigenvalue weighted by atomic mass is 9.94. The van der Waals surface area contributed by atoms with Crippen LogP contribution in [0.5, 0.6) is 0 Å². The van der Waals surface area contributed by atoms with Gasteiger partial charge in [0.2, 0.25) is 5.95 Å². The van der Waals surface area contributed by atoms with Gasteiger partial charge in [0, 0.05) is 0 Å². The number of hydrogen-bond acceptors (Lipinski definition) is 4. The van der Waals surface area contributed by atoms with Crippen LogP contribution in [0.4, 0.5) is 5.95 Å². The van der Waals surface area contributed by atoms with Gasteiger partial charge in [-0.1, -0.05) is 25.4 Å². The number of rotatable bonds is 5. The van der Waals surface area contributed by atoms with E-state index in [0.29, 0.717) is 11.0 Å². The molecule has 1 aromatic rings. The topological polar surface area (TPSA) is 58.0 Å². The molecule has 0 spiro atoms. The van der Waals surface area contributed by atoms with Crippen molar-refractivity contribution in [1.29, 1.82) is 0 Å². The number of aliphatic hydroxyl groups excluding tert-OH is 1. The molecule has 5 heteroatoms. The molecular weight excluding hydrogens is 214 g/mol. The number of aliphatic hydroxyl groups is 1. The molecule has 0 saturated carbocycles. The highest BCUT2D eigenvalue weighted by Gasteiger charge is 2.25. The molecule has 4 nitrogen and oxygen atoms in total. The van der Waals surface area contributed by atoms with Crippen LogP contribution >= 0.6 is 11.6 Å². The minimum absolute atomic E-state index is 0.0615. The summed E-state index contributed by atoms with van der Waals surface area (Å²) in [7, 11) is 0. The molecule has 1 aromatic heterocycles. The van der Waals surface area contributed by atoms with E-state index in [9.17, 15) is 5.11 Å². The Morgan fingerprint density at radius 2 is 1.87 bits per heavy atom. The molecule has 0 atom stereocenters. The number of nitrogens with zero attached hydrogens (tertiary/aromatic N) is 2. The Labute approximate surface area is 94.7 Å². The summed E-state index contributed by atoms with van der Waals surface area (Å²) < 4.78 is 0. The lowest BCUT2D eigenvalue weighted by Crippen LogP contribution is -2.41. The Bertz CT molecular complexity index is 290. The lowest BCUT2D eigenvalue weighted by Gasteiger charge is -2.30. The summed E-state index contributed by atoms with van der Waals surface area (Å²) in [4.78, 5) is 8.08. The van der Waals surface area contributed by atoms with Gasteiger partial charge in [0.1, 0.15) is 0 Å². The number of aromatic nitrogens is 2. The van der Waals surface area contributed by atoms with Crippen molar-refractivity contribution in [2.24, 2.45) is 0 Å². The maximum absolute atomic E-state index is 9.35. The SMILES string of the molecule is CCC(CC)(CO)Nc1ncc(Cl)cn1. The summed E-state index contributed by atoms with van der Waals surface area (Å²) in [6.45, 7) is 4.09. The Morgan fingerprint density at radius 3 is 2.27 bits per heavy atom. The smallest absolute Gasteiger partial charge is 0.223 e. The van der Waals surface area contributed by atoms with Gasteiger partial charge in [-0.25, -0.2) is 9.97 Å². The van der Waals surface area contributed by atoms with Crippen LogP contribution in [-0.4, -0.2) is 27.2 Å². The van der Waals surface area contributed by atoms with Gasteiger partial charge >= 0.3 is 0 Å². The van der Waals surface area contributed by atoms with E-state index < -0.39 is 0 Å². The van der Waals surface area contributed by atoms with Crippen LogP contribution in [0.3, 0.4) is 0 Å². The highest BCUT2D eigenvalue weighted by atomic mass is 35.5. The second kappa shape index (κ2) is 5.28. The van der Waals surface area contributed by atoms with Crippen molar-refractivity contribution in [2.45, 2.75) is 32.2 Å². The third-order valence-corrected chi connectivity index (χ3v) is 2.85. The molecule has 0 amide bonds. The molecule has 15 heavy (non-hydrogen) atoms. The summed E-state index contributed by atoms with van der Waals surface area (Å²) in [6.07, 6.45) is 4.69. The molecule has 1 rings (SSSR count). The molecule has 0 aliphatic carbocycles. The normalized spacial score (nSPS) is 11.5. The van der Waals surface area contributed by atoms with E-state index >= 15 is 0 Å². The Hall–Kier alpha value is -0.870. The number of hydrogen-bond donors (Lipinski definition) is 2. The minimum atomic E-state index is -0.339. The van der Waals surface area contributed by atoms with Crippen LogP contribution in [0.15, 0.2) is 12.4 Å². The zero-order chi connectivity index (χ0) is 11.3. The van der Waals surface area contributed by atoms with Crippen molar-refractivity contribution < 1.29 is 5.11 Å². The highest BCUT2D eigenvalue weighted by Crippen LogP contribution is 2.19. The summed E-state index contributed by atoms with van der Waals surface area (Å²) in [5.74, 6) is 0.497. The number of anilines is 1. The molecule has 2 N–H and O–H groups in total. The van der Waals surface area contributed by atoms with Crippen molar-refractivity contribution in [3.63, 3.8) is 0 Å². The lowest BCUT2D eigenvalue weighted by molar-refractivity contribution is 0.201. The third kappa shape index (κ3) is 3.04. The number of nitrogens with one attached hydrogen (secondary N) is 1. The van der Waals surface area contributed by atoms with E-state index in [-0.39, 0.29) is 12.1 Å². The predicted octanol–water partition coefficient (Wildman–Crippen LogP) is 2.09. The van der Waals surface area contributed by atoms with Crippen molar-refractivity contribution in [1.82, 2.24) is 9.97 Å². The van der Waals surface area contributed by atoms with Crippen LogP contribution in [0.25, 0.3) is 0 Å². The molecule has 1 heterocycles. The summed E-state index contributed by atoms with van der Waals surface area (Å²) in [5, 5.41) is 13.0. The van der Waals surface area contributed by atoms with Crippen LogP contribution < -0.4 is 5.32 Å². The molecule has 0 fully saturated rings. The zero-order valence-corrected chi connectivity index (χ0v) is 9.75. The molecule has 0 saturated heterocycles. The Kier molecular flexibility index (Phi) is 4.29. The van der Waals surface area contributed by atoms with Crippen LogP contribution in [-0.2, 0) is 0 Å². The first-order valence-electron chi connectivity index (χ1n) is 5.02. The number of halogens is 1. The summed E-state index contributed by atoms with van der Waals surface area (Å²) in [6, 6.07) is 0. The second-order valence-electron chi connectivity index (χ2n) is 3.50. The third-order valence-electron chi connectivity index (χ3n) is 2.65. The van der Waals surface area contributed by atoms with Gasteiger partial charge in [-0.2, -0.15) is 0 Å². The first-order chi connectivity index (χ1) is 7.15. The van der Waals surface area contributed by atoms with Gasteiger partial charge in [0.15, 0.2) is 0 Å². The van der Waals surface area contributed by atoms with Gasteiger partial charge < -0.3 is 10.4 Å². The molecular formula is C10H16ClN3O. The Morgan fingerprint density at radius 1 is 1.33 bits per heavy atom. The zero-order valence-electron chi connectivity index (χ0n) is 9.00. The van der Waals surface area contributed by atoms with Crippen LogP contribution in [0, 0.1) is 0 Å². The first kappa shape index (κ1) is 12.2. The largest absolute Gasteiger partial charge is 0.394 e. The van der Waals surface area contributed by atoms with Gasteiger partial charge in [-0.15, -0.1) is 0 Å². The summed E-state index contributed by atoms with van der Waals surface area (Å²) >= 11 is 5.68. The van der Waals surface area contributed by atoms with Gasteiger partial charge in [-0.05, 0) is 12.8 Å². The molecule has 0 aromatic carbocycles. The van der Waals surface area contributed by atoms with Gasteiger partial charge in [-0.3, -0.25) is 0 Å². The first-order valence-corrected chi connectivity index (χ1v) is 5.40. The average molecular weight is 230 g/mol. The molecule has 0 bridgehead atoms. The maximum atomic E-state index is 9.35. The minimum Gasteiger partial charge on any atom is -0.394 e. The predicted molar refractivity (Wildman–Crippen MR) is 61.1 cm³/mol. The quantitative estimate of drug-likeness (QED) is 0.812. The highest BCUT2D eigenvalue weighted by molar-refractivity contribution is 6.30.